The molecule has 0 aliphatic rings. The predicted octanol–water partition coefficient (Wildman–Crippen LogP) is 3.85. The van der Waals surface area contributed by atoms with Gasteiger partial charge in [-0.25, -0.2) is 4.39 Å². The Labute approximate surface area is 186 Å². The first kappa shape index (κ1) is 23.5. The fraction of sp³-hybridized carbons (Fsp3) is 0.286. The third-order valence-electron chi connectivity index (χ3n) is 4.33. The van der Waals surface area contributed by atoms with Crippen molar-refractivity contribution in [1.29, 1.82) is 0 Å². The number of hydrogen-bond acceptors (Lipinski definition) is 7. The second-order valence-corrected chi connectivity index (χ2v) is 7.91. The molecule has 2 aromatic carbocycles. The van der Waals surface area contributed by atoms with Crippen molar-refractivity contribution in [3.05, 3.63) is 69.4 Å². The highest BCUT2D eigenvalue weighted by atomic mass is 32.1. The van der Waals surface area contributed by atoms with Gasteiger partial charge in [0.15, 0.2) is 11.5 Å². The fourth-order valence-electron chi connectivity index (χ4n) is 2.87. The molecule has 0 fully saturated rings. The zero-order chi connectivity index (χ0) is 23.1. The highest BCUT2D eigenvalue weighted by Gasteiger charge is 2.15. The minimum Gasteiger partial charge on any atom is -0.493 e. The van der Waals surface area contributed by atoms with Crippen LogP contribution in [0.5, 0.6) is 11.5 Å². The van der Waals surface area contributed by atoms with Gasteiger partial charge in [-0.15, -0.1) is 10.2 Å². The molecule has 0 saturated heterocycles. The summed E-state index contributed by atoms with van der Waals surface area (Å²) in [7, 11) is 3.23. The largest absolute Gasteiger partial charge is 0.493 e. The molecule has 0 radical (unpaired) electrons. The number of nitrogens with zero attached hydrogens (tertiary/aromatic N) is 3. The van der Waals surface area contributed by atoms with E-state index in [1.807, 2.05) is 11.9 Å². The first-order chi connectivity index (χ1) is 15.3. The standard InChI is InChI=1S/C21H21F3N4O3S/c1-28(11-14-5-8-16(31-21(23)24)17(9-14)30-2)12-18-26-27-20(32-18)19(29)25-10-13-3-6-15(22)7-4-13/h3-9,21H,10-12H2,1-2H3,(H,25,29). The molecule has 0 bridgehead atoms. The maximum Gasteiger partial charge on any atom is 0.387 e. The van der Waals surface area contributed by atoms with Gasteiger partial charge in [-0.3, -0.25) is 9.69 Å². The Morgan fingerprint density at radius 1 is 1.09 bits per heavy atom. The smallest absolute Gasteiger partial charge is 0.387 e. The highest BCUT2D eigenvalue weighted by molar-refractivity contribution is 7.13. The molecule has 170 valence electrons. The molecule has 0 spiro atoms. The molecule has 0 atom stereocenters. The van der Waals surface area contributed by atoms with Crippen molar-refractivity contribution in [2.75, 3.05) is 14.2 Å². The molecular weight excluding hydrogens is 445 g/mol. The van der Waals surface area contributed by atoms with E-state index in [0.717, 1.165) is 11.1 Å². The van der Waals surface area contributed by atoms with Gasteiger partial charge in [0.05, 0.1) is 13.7 Å². The molecule has 11 heteroatoms. The number of carbonyl (C=O) groups is 1. The summed E-state index contributed by atoms with van der Waals surface area (Å²) < 4.78 is 47.4. The minimum absolute atomic E-state index is 0.0330. The van der Waals surface area contributed by atoms with Crippen molar-refractivity contribution >= 4 is 17.2 Å². The van der Waals surface area contributed by atoms with Gasteiger partial charge in [-0.05, 0) is 42.4 Å². The van der Waals surface area contributed by atoms with Gasteiger partial charge in [-0.2, -0.15) is 8.78 Å². The van der Waals surface area contributed by atoms with E-state index in [1.165, 1.54) is 36.6 Å². The molecule has 1 heterocycles. The normalized spacial score (nSPS) is 11.1. The average molecular weight is 466 g/mol. The Kier molecular flexibility index (Phi) is 8.01. The summed E-state index contributed by atoms with van der Waals surface area (Å²) >= 11 is 1.17. The number of hydrogen-bond donors (Lipinski definition) is 1. The van der Waals surface area contributed by atoms with Gasteiger partial charge in [0.1, 0.15) is 10.8 Å². The number of alkyl halides is 2. The molecule has 3 rings (SSSR count). The zero-order valence-corrected chi connectivity index (χ0v) is 18.2. The van der Waals surface area contributed by atoms with Gasteiger partial charge in [0.2, 0.25) is 5.01 Å². The lowest BCUT2D eigenvalue weighted by atomic mass is 10.2. The van der Waals surface area contributed by atoms with E-state index in [1.54, 1.807) is 24.3 Å². The van der Waals surface area contributed by atoms with Crippen molar-refractivity contribution in [2.45, 2.75) is 26.2 Å². The number of rotatable bonds is 10. The number of benzene rings is 2. The molecule has 0 aliphatic carbocycles. The Morgan fingerprint density at radius 3 is 2.50 bits per heavy atom. The average Bonchev–Trinajstić information content (AvgIpc) is 3.22. The molecule has 3 aromatic rings. The summed E-state index contributed by atoms with van der Waals surface area (Å²) in [5.41, 5.74) is 1.59. The van der Waals surface area contributed by atoms with Crippen molar-refractivity contribution < 1.29 is 27.4 Å². The van der Waals surface area contributed by atoms with Gasteiger partial charge in [-0.1, -0.05) is 29.5 Å². The van der Waals surface area contributed by atoms with E-state index >= 15 is 0 Å². The van der Waals surface area contributed by atoms with E-state index < -0.39 is 6.61 Å². The Balaban J connectivity index is 1.54. The van der Waals surface area contributed by atoms with E-state index in [2.05, 4.69) is 20.3 Å². The number of amides is 1. The number of aromatic nitrogens is 2. The second-order valence-electron chi connectivity index (χ2n) is 6.85. The van der Waals surface area contributed by atoms with Crippen LogP contribution in [-0.4, -0.2) is 41.8 Å². The van der Waals surface area contributed by atoms with Gasteiger partial charge < -0.3 is 14.8 Å². The van der Waals surface area contributed by atoms with Gasteiger partial charge in [0.25, 0.3) is 5.91 Å². The van der Waals surface area contributed by atoms with E-state index in [4.69, 9.17) is 4.74 Å². The minimum atomic E-state index is -2.93. The van der Waals surface area contributed by atoms with Crippen LogP contribution >= 0.6 is 11.3 Å². The summed E-state index contributed by atoms with van der Waals surface area (Å²) in [4.78, 5) is 14.2. The quantitative estimate of drug-likeness (QED) is 0.489. The molecule has 0 saturated carbocycles. The predicted molar refractivity (Wildman–Crippen MR) is 112 cm³/mol. The third-order valence-corrected chi connectivity index (χ3v) is 5.24. The van der Waals surface area contributed by atoms with Crippen LogP contribution in [0.1, 0.15) is 25.9 Å². The Bertz CT molecular complexity index is 1050. The Hall–Kier alpha value is -3.18. The van der Waals surface area contributed by atoms with Crippen molar-refractivity contribution in [3.63, 3.8) is 0 Å². The van der Waals surface area contributed by atoms with Crippen LogP contribution in [0.3, 0.4) is 0 Å². The molecule has 7 nitrogen and oxygen atoms in total. The maximum absolute atomic E-state index is 12.9. The lowest BCUT2D eigenvalue weighted by Gasteiger charge is -2.16. The molecule has 32 heavy (non-hydrogen) atoms. The summed E-state index contributed by atoms with van der Waals surface area (Å²) in [6.07, 6.45) is 0. The summed E-state index contributed by atoms with van der Waals surface area (Å²) in [5, 5.41) is 11.6. The van der Waals surface area contributed by atoms with E-state index in [0.29, 0.717) is 18.1 Å². The first-order valence-electron chi connectivity index (χ1n) is 9.49. The third kappa shape index (κ3) is 6.66. The van der Waals surface area contributed by atoms with Crippen LogP contribution in [0.4, 0.5) is 13.2 Å². The van der Waals surface area contributed by atoms with Gasteiger partial charge in [0, 0.05) is 13.1 Å². The van der Waals surface area contributed by atoms with E-state index in [9.17, 15) is 18.0 Å². The van der Waals surface area contributed by atoms with Crippen LogP contribution in [0.15, 0.2) is 42.5 Å². The lowest BCUT2D eigenvalue weighted by Crippen LogP contribution is -2.22. The molecule has 0 aliphatic heterocycles. The topological polar surface area (TPSA) is 76.6 Å². The maximum atomic E-state index is 12.9. The number of carbonyl (C=O) groups excluding carboxylic acids is 1. The van der Waals surface area contributed by atoms with Crippen molar-refractivity contribution in [1.82, 2.24) is 20.4 Å². The summed E-state index contributed by atoms with van der Waals surface area (Å²) in [6, 6.07) is 10.6. The Morgan fingerprint density at radius 2 is 1.81 bits per heavy atom. The van der Waals surface area contributed by atoms with Crippen molar-refractivity contribution in [2.24, 2.45) is 0 Å². The lowest BCUT2D eigenvalue weighted by molar-refractivity contribution is -0.0512. The number of methoxy groups -OCH3 is 1. The number of nitrogens with one attached hydrogen (secondary N) is 1. The van der Waals surface area contributed by atoms with Crippen LogP contribution < -0.4 is 14.8 Å². The summed E-state index contributed by atoms with van der Waals surface area (Å²) in [5.74, 6) is -0.518. The SMILES string of the molecule is COc1cc(CN(C)Cc2nnc(C(=O)NCc3ccc(F)cc3)s2)ccc1OC(F)F. The second kappa shape index (κ2) is 10.9. The van der Waals surface area contributed by atoms with Crippen molar-refractivity contribution in [3.8, 4) is 11.5 Å². The van der Waals surface area contributed by atoms with Crippen LogP contribution in [0.2, 0.25) is 0 Å². The first-order valence-corrected chi connectivity index (χ1v) is 10.3. The molecule has 1 aromatic heterocycles. The van der Waals surface area contributed by atoms with Crippen LogP contribution in [-0.2, 0) is 19.6 Å². The molecular formula is C21H21F3N4O3S. The fourth-order valence-corrected chi connectivity index (χ4v) is 3.71. The number of ether oxygens (including phenoxy) is 2. The van der Waals surface area contributed by atoms with Crippen LogP contribution in [0, 0.1) is 5.82 Å². The molecule has 1 amide bonds. The molecule has 0 unspecified atom stereocenters. The number of halogens is 3. The van der Waals surface area contributed by atoms with Crippen LogP contribution in [0.25, 0.3) is 0 Å². The summed E-state index contributed by atoms with van der Waals surface area (Å²) in [6.45, 7) is -1.77. The molecule has 1 N–H and O–H groups in total. The highest BCUT2D eigenvalue weighted by Crippen LogP contribution is 2.30. The van der Waals surface area contributed by atoms with Gasteiger partial charge >= 0.3 is 6.61 Å². The van der Waals surface area contributed by atoms with E-state index in [-0.39, 0.29) is 34.8 Å². The zero-order valence-electron chi connectivity index (χ0n) is 17.3. The monoisotopic (exact) mass is 466 g/mol.